The van der Waals surface area contributed by atoms with E-state index in [1.807, 2.05) is 12.2 Å². The van der Waals surface area contributed by atoms with Crippen molar-refractivity contribution in [2.75, 3.05) is 0 Å². The molecule has 128 valence electrons. The summed E-state index contributed by atoms with van der Waals surface area (Å²) in [6.45, 7) is 0. The van der Waals surface area contributed by atoms with Crippen LogP contribution < -0.4 is 24.8 Å². The van der Waals surface area contributed by atoms with Crippen LogP contribution in [0.5, 0.6) is 0 Å². The topological polar surface area (TPSA) is 0 Å². The van der Waals surface area contributed by atoms with Crippen molar-refractivity contribution in [3.05, 3.63) is 96.8 Å². The van der Waals surface area contributed by atoms with Gasteiger partial charge in [-0.05, 0) is 17.3 Å². The second-order valence-corrected chi connectivity index (χ2v) is 7.63. The molecule has 0 saturated heterocycles. The van der Waals surface area contributed by atoms with Crippen LogP contribution in [-0.2, 0) is 21.7 Å². The molecule has 0 aliphatic heterocycles. The third kappa shape index (κ3) is 4.98. The van der Waals surface area contributed by atoms with Gasteiger partial charge in [0.05, 0.1) is 0 Å². The normalized spacial score (nSPS) is 11.9. The summed E-state index contributed by atoms with van der Waals surface area (Å²) in [5, 5.41) is 7.05. The number of rotatable bonds is 1. The third-order valence-electron chi connectivity index (χ3n) is 4.07. The molecule has 0 amide bonds. The van der Waals surface area contributed by atoms with Crippen LogP contribution in [-0.4, -0.2) is 0 Å². The molecule has 1 atom stereocenters. The van der Waals surface area contributed by atoms with Gasteiger partial charge in [0.2, 0.25) is 0 Å². The summed E-state index contributed by atoms with van der Waals surface area (Å²) in [5.74, 6) is 2.37. The first-order chi connectivity index (χ1) is 11.4. The van der Waals surface area contributed by atoms with Crippen molar-refractivity contribution < 1.29 is 46.5 Å². The minimum atomic E-state index is -0.283. The van der Waals surface area contributed by atoms with Crippen LogP contribution in [0.25, 0.3) is 26.6 Å². The van der Waals surface area contributed by atoms with Gasteiger partial charge in [0.1, 0.15) is 0 Å². The van der Waals surface area contributed by atoms with E-state index in [2.05, 4.69) is 84.7 Å². The number of allylic oxidation sites excluding steroid dienone is 4. The van der Waals surface area contributed by atoms with E-state index in [1.165, 1.54) is 26.6 Å². The van der Waals surface area contributed by atoms with Crippen molar-refractivity contribution in [1.82, 2.24) is 0 Å². The zero-order chi connectivity index (χ0) is 15.5. The summed E-state index contributed by atoms with van der Waals surface area (Å²) in [6.07, 6.45) is 10.0. The van der Waals surface area contributed by atoms with Crippen LogP contribution in [0.1, 0.15) is 6.42 Å². The predicted molar refractivity (Wildman–Crippen MR) is 103 cm³/mol. The molecule has 0 saturated carbocycles. The average molecular weight is 431 g/mol. The van der Waals surface area contributed by atoms with Gasteiger partial charge in [-0.1, -0.05) is 35.6 Å². The monoisotopic (exact) mass is 430 g/mol. The average Bonchev–Trinajstić information content (AvgIpc) is 3.34. The standard InChI is InChI=1S/C17H12P.C5H5.2ClH.Ti/c1-2-7-15-12-16(11-14(15)6-1)18-10-9-13-5-3-4-8-17(13)18;1-2-4-5-3-1;;;/h1-12H;1-3H,4H2;2*1H;/q2*-1;;;+4/p-2. The maximum absolute atomic E-state index is 2.99. The first-order valence-electron chi connectivity index (χ1n) is 7.85. The Kier molecular flexibility index (Phi) is 9.58. The van der Waals surface area contributed by atoms with Crippen molar-refractivity contribution in [2.45, 2.75) is 6.42 Å². The molecule has 1 aliphatic carbocycles. The van der Waals surface area contributed by atoms with E-state index in [-0.39, 0.29) is 54.1 Å². The molecule has 1 aromatic heterocycles. The van der Waals surface area contributed by atoms with Gasteiger partial charge in [0.15, 0.2) is 0 Å². The van der Waals surface area contributed by atoms with Crippen LogP contribution >= 0.6 is 7.53 Å². The van der Waals surface area contributed by atoms with Gasteiger partial charge < -0.3 is 24.8 Å². The Labute approximate surface area is 183 Å². The summed E-state index contributed by atoms with van der Waals surface area (Å²) in [5.41, 5.74) is 0. The van der Waals surface area contributed by atoms with Gasteiger partial charge in [-0.3, -0.25) is 6.08 Å². The van der Waals surface area contributed by atoms with Gasteiger partial charge in [-0.2, -0.15) is 12.1 Å². The Hall–Kier alpha value is -1.14. The SMILES string of the molecule is [C-]1=CC=CC1.[Cl-].[Cl-].[Ti+4].c1ccc2[cH-]c(-p3ccc4ccccc43)cc2c1. The largest absolute Gasteiger partial charge is 4.00 e. The fourth-order valence-electron chi connectivity index (χ4n) is 2.92. The maximum Gasteiger partial charge on any atom is 4.00 e. The molecule has 1 unspecified atom stereocenters. The van der Waals surface area contributed by atoms with E-state index in [0.717, 1.165) is 6.42 Å². The molecule has 1 heterocycles. The van der Waals surface area contributed by atoms with Crippen molar-refractivity contribution in [2.24, 2.45) is 0 Å². The molecule has 0 radical (unpaired) electrons. The number of hydrogen-bond acceptors (Lipinski definition) is 0. The van der Waals surface area contributed by atoms with Gasteiger partial charge in [-0.25, -0.2) is 12.2 Å². The smallest absolute Gasteiger partial charge is 1.00 e. The Balaban J connectivity index is 0.000000372. The summed E-state index contributed by atoms with van der Waals surface area (Å²) in [7, 11) is -0.283. The van der Waals surface area contributed by atoms with Crippen molar-refractivity contribution in [3.63, 3.8) is 0 Å². The molecule has 3 aromatic carbocycles. The zero-order valence-electron chi connectivity index (χ0n) is 14.1. The van der Waals surface area contributed by atoms with Crippen molar-refractivity contribution in [3.8, 4) is 5.30 Å². The fourth-order valence-corrected chi connectivity index (χ4v) is 5.07. The molecule has 0 spiro atoms. The van der Waals surface area contributed by atoms with E-state index in [4.69, 9.17) is 0 Å². The summed E-state index contributed by atoms with van der Waals surface area (Å²) in [6, 6.07) is 24.3. The molecule has 4 aromatic rings. The molecule has 1 aliphatic rings. The summed E-state index contributed by atoms with van der Waals surface area (Å²) >= 11 is 0. The van der Waals surface area contributed by atoms with Crippen LogP contribution in [0.3, 0.4) is 0 Å². The molecule has 5 rings (SSSR count). The maximum atomic E-state index is 2.99. The second-order valence-electron chi connectivity index (χ2n) is 5.59. The van der Waals surface area contributed by atoms with Crippen LogP contribution in [0, 0.1) is 6.08 Å². The number of benzene rings is 2. The van der Waals surface area contributed by atoms with Gasteiger partial charge in [0.25, 0.3) is 0 Å². The molecule has 0 N–H and O–H groups in total. The Morgan fingerprint density at radius 1 is 0.885 bits per heavy atom. The Morgan fingerprint density at radius 3 is 2.27 bits per heavy atom. The van der Waals surface area contributed by atoms with Crippen LogP contribution in [0.2, 0.25) is 0 Å². The first-order valence-corrected chi connectivity index (χ1v) is 9.26. The number of halogens is 2. The van der Waals surface area contributed by atoms with E-state index < -0.39 is 0 Å². The van der Waals surface area contributed by atoms with E-state index in [0.29, 0.717) is 0 Å². The van der Waals surface area contributed by atoms with Crippen LogP contribution in [0.15, 0.2) is 90.8 Å². The van der Waals surface area contributed by atoms with Gasteiger partial charge in [0, 0.05) is 5.12 Å². The molecule has 0 bridgehead atoms. The molecular weight excluding hydrogens is 414 g/mol. The Morgan fingerprint density at radius 2 is 1.62 bits per heavy atom. The van der Waals surface area contributed by atoms with E-state index in [1.54, 1.807) is 0 Å². The third-order valence-corrected chi connectivity index (χ3v) is 6.25. The summed E-state index contributed by atoms with van der Waals surface area (Å²) in [4.78, 5) is 0. The van der Waals surface area contributed by atoms with E-state index >= 15 is 0 Å². The van der Waals surface area contributed by atoms with Crippen molar-refractivity contribution in [1.29, 1.82) is 0 Å². The molecule has 4 heteroatoms. The number of fused-ring (bicyclic) bond motifs is 2. The van der Waals surface area contributed by atoms with Crippen molar-refractivity contribution >= 4 is 28.8 Å². The summed E-state index contributed by atoms with van der Waals surface area (Å²) < 4.78 is 0. The zero-order valence-corrected chi connectivity index (χ0v) is 18.0. The molecular formula is C22H17Cl2PTi. The molecule has 26 heavy (non-hydrogen) atoms. The van der Waals surface area contributed by atoms with Gasteiger partial charge in [-0.15, -0.1) is 49.0 Å². The molecule has 0 nitrogen and oxygen atoms in total. The first kappa shape index (κ1) is 22.9. The van der Waals surface area contributed by atoms with Crippen LogP contribution in [0.4, 0.5) is 0 Å². The minimum Gasteiger partial charge on any atom is -1.00 e. The van der Waals surface area contributed by atoms with Gasteiger partial charge >= 0.3 is 21.7 Å². The Bertz CT molecular complexity index is 968. The minimum absolute atomic E-state index is 0. The fraction of sp³-hybridized carbons (Fsp3) is 0.0455. The molecule has 0 fully saturated rings. The van der Waals surface area contributed by atoms with E-state index in [9.17, 15) is 0 Å². The predicted octanol–water partition coefficient (Wildman–Crippen LogP) is 0.999. The second kappa shape index (κ2) is 10.9. The quantitative estimate of drug-likeness (QED) is 0.312. The number of hydrogen-bond donors (Lipinski definition) is 0.